The van der Waals surface area contributed by atoms with Gasteiger partial charge < -0.3 is 10.1 Å². The second-order valence-electron chi connectivity index (χ2n) is 4.59. The van der Waals surface area contributed by atoms with E-state index in [2.05, 4.69) is 10.4 Å². The summed E-state index contributed by atoms with van der Waals surface area (Å²) in [5.41, 5.74) is 1.83. The van der Waals surface area contributed by atoms with Gasteiger partial charge in [-0.1, -0.05) is 30.3 Å². The van der Waals surface area contributed by atoms with Crippen LogP contribution in [0.4, 0.5) is 0 Å². The third-order valence-electron chi connectivity index (χ3n) is 3.08. The molecule has 98 valence electrons. The maximum absolute atomic E-state index is 11.9. The van der Waals surface area contributed by atoms with E-state index >= 15 is 0 Å². The number of nitrogens with one attached hydrogen (secondary N) is 1. The molecule has 2 aromatic rings. The lowest BCUT2D eigenvalue weighted by atomic mass is 10.0. The van der Waals surface area contributed by atoms with Crippen molar-refractivity contribution >= 4 is 5.91 Å². The van der Waals surface area contributed by atoms with Gasteiger partial charge in [0, 0.05) is 13.2 Å². The average molecular weight is 257 g/mol. The lowest BCUT2D eigenvalue weighted by Crippen LogP contribution is -2.33. The molecule has 3 rings (SSSR count). The summed E-state index contributed by atoms with van der Waals surface area (Å²) in [5.74, 6) is -0.0838. The van der Waals surface area contributed by atoms with E-state index in [1.807, 2.05) is 49.6 Å². The largest absolute Gasteiger partial charge is 0.363 e. The van der Waals surface area contributed by atoms with Crippen molar-refractivity contribution in [2.24, 2.45) is 7.05 Å². The zero-order valence-corrected chi connectivity index (χ0v) is 10.6. The molecule has 19 heavy (non-hydrogen) atoms. The molecule has 5 nitrogen and oxygen atoms in total. The van der Waals surface area contributed by atoms with Crippen LogP contribution in [0, 0.1) is 0 Å². The Labute approximate surface area is 111 Å². The predicted octanol–water partition coefficient (Wildman–Crippen LogP) is 1.02. The molecule has 1 aliphatic heterocycles. The van der Waals surface area contributed by atoms with Gasteiger partial charge in [-0.25, -0.2) is 0 Å². The SMILES string of the molecule is Cn1ccc(C(NC(=O)C2CO2)c2ccccc2)n1. The lowest BCUT2D eigenvalue weighted by Gasteiger charge is -2.16. The summed E-state index contributed by atoms with van der Waals surface area (Å²) in [5, 5.41) is 7.37. The Hall–Kier alpha value is -2.14. The minimum Gasteiger partial charge on any atom is -0.363 e. The van der Waals surface area contributed by atoms with Gasteiger partial charge in [-0.15, -0.1) is 0 Å². The van der Waals surface area contributed by atoms with Gasteiger partial charge in [0.2, 0.25) is 0 Å². The van der Waals surface area contributed by atoms with Crippen molar-refractivity contribution in [1.29, 1.82) is 0 Å². The number of aromatic nitrogens is 2. The van der Waals surface area contributed by atoms with Crippen LogP contribution in [0.5, 0.6) is 0 Å². The number of ether oxygens (including phenoxy) is 1. The van der Waals surface area contributed by atoms with E-state index in [9.17, 15) is 4.79 Å². The number of carbonyl (C=O) groups excluding carboxylic acids is 1. The molecular weight excluding hydrogens is 242 g/mol. The Morgan fingerprint density at radius 3 is 2.74 bits per heavy atom. The molecule has 0 radical (unpaired) electrons. The number of epoxide rings is 1. The number of nitrogens with zero attached hydrogens (tertiary/aromatic N) is 2. The van der Waals surface area contributed by atoms with Crippen LogP contribution in [0.3, 0.4) is 0 Å². The number of hydrogen-bond acceptors (Lipinski definition) is 3. The summed E-state index contributed by atoms with van der Waals surface area (Å²) in [6.07, 6.45) is 1.57. The van der Waals surface area contributed by atoms with Crippen molar-refractivity contribution in [2.45, 2.75) is 12.1 Å². The lowest BCUT2D eigenvalue weighted by molar-refractivity contribution is -0.122. The molecule has 1 amide bonds. The fourth-order valence-corrected chi connectivity index (χ4v) is 2.00. The third kappa shape index (κ3) is 2.66. The summed E-state index contributed by atoms with van der Waals surface area (Å²) in [4.78, 5) is 11.9. The van der Waals surface area contributed by atoms with Crippen molar-refractivity contribution in [3.63, 3.8) is 0 Å². The Bertz CT molecular complexity index is 575. The molecule has 1 aliphatic rings. The van der Waals surface area contributed by atoms with Gasteiger partial charge in [0.25, 0.3) is 5.91 Å². The standard InChI is InChI=1S/C14H15N3O2/c1-17-8-7-11(16-17)13(10-5-3-2-4-6-10)15-14(18)12-9-19-12/h2-8,12-13H,9H2,1H3,(H,15,18). The quantitative estimate of drug-likeness (QED) is 0.832. The minimum atomic E-state index is -0.296. The number of carbonyl (C=O) groups is 1. The Morgan fingerprint density at radius 2 is 2.16 bits per heavy atom. The number of benzene rings is 1. The predicted molar refractivity (Wildman–Crippen MR) is 69.4 cm³/mol. The van der Waals surface area contributed by atoms with E-state index in [1.54, 1.807) is 4.68 Å². The highest BCUT2D eigenvalue weighted by Gasteiger charge is 2.33. The normalized spacial score (nSPS) is 18.9. The van der Waals surface area contributed by atoms with Crippen LogP contribution < -0.4 is 5.32 Å². The van der Waals surface area contributed by atoms with Gasteiger partial charge in [-0.3, -0.25) is 9.48 Å². The Kier molecular flexibility index (Phi) is 3.05. The second-order valence-corrected chi connectivity index (χ2v) is 4.59. The molecule has 0 saturated carbocycles. The molecule has 2 heterocycles. The molecule has 0 bridgehead atoms. The molecule has 0 aliphatic carbocycles. The molecule has 1 aromatic heterocycles. The zero-order chi connectivity index (χ0) is 13.2. The third-order valence-corrected chi connectivity index (χ3v) is 3.08. The van der Waals surface area contributed by atoms with Crippen LogP contribution in [0.2, 0.25) is 0 Å². The topological polar surface area (TPSA) is 59.5 Å². The molecule has 1 fully saturated rings. The van der Waals surface area contributed by atoms with E-state index in [-0.39, 0.29) is 18.1 Å². The number of rotatable bonds is 4. The highest BCUT2D eigenvalue weighted by molar-refractivity contribution is 5.83. The van der Waals surface area contributed by atoms with Crippen LogP contribution >= 0.6 is 0 Å². The molecule has 2 atom stereocenters. The van der Waals surface area contributed by atoms with E-state index in [4.69, 9.17) is 4.74 Å². The van der Waals surface area contributed by atoms with Crippen LogP contribution in [0.25, 0.3) is 0 Å². The van der Waals surface area contributed by atoms with Gasteiger partial charge in [-0.2, -0.15) is 5.10 Å². The van der Waals surface area contributed by atoms with Crippen molar-refractivity contribution in [1.82, 2.24) is 15.1 Å². The smallest absolute Gasteiger partial charge is 0.252 e. The van der Waals surface area contributed by atoms with Gasteiger partial charge in [-0.05, 0) is 11.6 Å². The highest BCUT2D eigenvalue weighted by Crippen LogP contribution is 2.21. The second kappa shape index (κ2) is 4.85. The van der Waals surface area contributed by atoms with E-state index in [0.29, 0.717) is 6.61 Å². The highest BCUT2D eigenvalue weighted by atomic mass is 16.6. The average Bonchev–Trinajstić information content (AvgIpc) is 3.20. The van der Waals surface area contributed by atoms with Crippen LogP contribution in [-0.4, -0.2) is 28.4 Å². The Balaban J connectivity index is 1.88. The fraction of sp³-hybridized carbons (Fsp3) is 0.286. The molecule has 1 N–H and O–H groups in total. The van der Waals surface area contributed by atoms with Gasteiger partial charge in [0.1, 0.15) is 0 Å². The van der Waals surface area contributed by atoms with Gasteiger partial charge in [0.15, 0.2) is 6.10 Å². The molecule has 1 saturated heterocycles. The summed E-state index contributed by atoms with van der Waals surface area (Å²) in [6.45, 7) is 0.509. The minimum absolute atomic E-state index is 0.0838. The number of aryl methyl sites for hydroxylation is 1. The maximum Gasteiger partial charge on any atom is 0.252 e. The van der Waals surface area contributed by atoms with Crippen LogP contribution in [-0.2, 0) is 16.6 Å². The first-order chi connectivity index (χ1) is 9.24. The molecule has 0 spiro atoms. The van der Waals surface area contributed by atoms with Crippen molar-refractivity contribution in [2.75, 3.05) is 6.61 Å². The monoisotopic (exact) mass is 257 g/mol. The first kappa shape index (κ1) is 11.9. The molecular formula is C14H15N3O2. The summed E-state index contributed by atoms with van der Waals surface area (Å²) < 4.78 is 6.74. The first-order valence-electron chi connectivity index (χ1n) is 6.20. The van der Waals surface area contributed by atoms with Crippen molar-refractivity contribution < 1.29 is 9.53 Å². The zero-order valence-electron chi connectivity index (χ0n) is 10.6. The van der Waals surface area contributed by atoms with Crippen molar-refractivity contribution in [3.05, 3.63) is 53.9 Å². The van der Waals surface area contributed by atoms with Crippen LogP contribution in [0.15, 0.2) is 42.6 Å². The molecule has 1 aromatic carbocycles. The van der Waals surface area contributed by atoms with E-state index in [1.165, 1.54) is 0 Å². The summed E-state index contributed by atoms with van der Waals surface area (Å²) in [7, 11) is 1.86. The van der Waals surface area contributed by atoms with Crippen molar-refractivity contribution in [3.8, 4) is 0 Å². The van der Waals surface area contributed by atoms with Gasteiger partial charge >= 0.3 is 0 Å². The van der Waals surface area contributed by atoms with E-state index < -0.39 is 0 Å². The molecule has 5 heteroatoms. The molecule has 2 unspecified atom stereocenters. The summed E-state index contributed by atoms with van der Waals surface area (Å²) >= 11 is 0. The number of amides is 1. The Morgan fingerprint density at radius 1 is 1.42 bits per heavy atom. The van der Waals surface area contributed by atoms with Gasteiger partial charge in [0.05, 0.1) is 18.3 Å². The maximum atomic E-state index is 11.9. The first-order valence-corrected chi connectivity index (χ1v) is 6.20. The summed E-state index contributed by atoms with van der Waals surface area (Å²) in [6, 6.07) is 11.5. The number of hydrogen-bond donors (Lipinski definition) is 1. The van der Waals surface area contributed by atoms with Crippen LogP contribution in [0.1, 0.15) is 17.3 Å². The van der Waals surface area contributed by atoms with E-state index in [0.717, 1.165) is 11.3 Å². The fourth-order valence-electron chi connectivity index (χ4n) is 2.00.